The summed E-state index contributed by atoms with van der Waals surface area (Å²) in [5, 5.41) is 5.71. The van der Waals surface area contributed by atoms with Crippen LogP contribution in [0.25, 0.3) is 0 Å². The molecule has 2 N–H and O–H groups in total. The lowest BCUT2D eigenvalue weighted by molar-refractivity contribution is -0.124. The molecule has 4 amide bonds. The number of urea groups is 1. The molecule has 0 atom stereocenters. The number of carbonyl (C=O) groups excluding carboxylic acids is 3. The summed E-state index contributed by atoms with van der Waals surface area (Å²) in [5.41, 5.74) is 0. The average Bonchev–Trinajstić information content (AvgIpc) is 3.32. The molecule has 3 heterocycles. The van der Waals surface area contributed by atoms with E-state index in [0.717, 1.165) is 5.96 Å². The summed E-state index contributed by atoms with van der Waals surface area (Å²) in [7, 11) is 0. The normalized spacial score (nSPS) is 18.1. The Labute approximate surface area is 157 Å². The minimum absolute atomic E-state index is 0.0499. The number of piperazine rings is 1. The fourth-order valence-electron chi connectivity index (χ4n) is 3.04. The van der Waals surface area contributed by atoms with Crippen LogP contribution in [0.4, 0.5) is 4.79 Å². The lowest BCUT2D eigenvalue weighted by Gasteiger charge is -2.36. The second-order valence-electron chi connectivity index (χ2n) is 6.20. The Morgan fingerprint density at radius 3 is 2.59 bits per heavy atom. The number of aliphatic imine (C=N–C) groups is 1. The van der Waals surface area contributed by atoms with Gasteiger partial charge in [0.15, 0.2) is 11.7 Å². The van der Waals surface area contributed by atoms with E-state index in [-0.39, 0.29) is 30.9 Å². The largest absolute Gasteiger partial charge is 0.459 e. The van der Waals surface area contributed by atoms with Gasteiger partial charge in [-0.05, 0) is 19.1 Å². The van der Waals surface area contributed by atoms with Crippen LogP contribution in [-0.2, 0) is 4.79 Å². The Kier molecular flexibility index (Phi) is 5.94. The molecule has 0 aliphatic carbocycles. The van der Waals surface area contributed by atoms with E-state index in [4.69, 9.17) is 4.42 Å². The van der Waals surface area contributed by atoms with Gasteiger partial charge in [0, 0.05) is 32.7 Å². The fraction of sp³-hybridized carbons (Fsp3) is 0.529. The molecule has 1 aromatic heterocycles. The molecule has 10 heteroatoms. The molecule has 0 unspecified atom stereocenters. The third-order valence-electron chi connectivity index (χ3n) is 4.46. The standard InChI is InChI=1S/C17H24N6O4/c1-2-18-16(19-5-6-23-14(24)12-20-17(23)26)22-9-7-21(8-10-22)15(25)13-4-3-11-27-13/h3-4,11H,2,5-10,12H2,1H3,(H,18,19)(H,20,26). The molecule has 27 heavy (non-hydrogen) atoms. The van der Waals surface area contributed by atoms with E-state index in [1.807, 2.05) is 6.92 Å². The number of nitrogens with zero attached hydrogens (tertiary/aromatic N) is 4. The van der Waals surface area contributed by atoms with Gasteiger partial charge in [-0.15, -0.1) is 0 Å². The van der Waals surface area contributed by atoms with E-state index in [0.29, 0.717) is 45.0 Å². The van der Waals surface area contributed by atoms with Gasteiger partial charge in [0.2, 0.25) is 5.91 Å². The molecule has 0 aromatic carbocycles. The summed E-state index contributed by atoms with van der Waals surface area (Å²) < 4.78 is 5.17. The lowest BCUT2D eigenvalue weighted by atomic mass is 10.3. The number of hydrogen-bond acceptors (Lipinski definition) is 5. The Balaban J connectivity index is 1.53. The highest BCUT2D eigenvalue weighted by Crippen LogP contribution is 2.09. The van der Waals surface area contributed by atoms with Crippen LogP contribution >= 0.6 is 0 Å². The number of hydrogen-bond donors (Lipinski definition) is 2. The molecule has 0 spiro atoms. The molecule has 0 bridgehead atoms. The summed E-state index contributed by atoms with van der Waals surface area (Å²) in [6.07, 6.45) is 1.49. The fourth-order valence-corrected chi connectivity index (χ4v) is 3.04. The van der Waals surface area contributed by atoms with E-state index in [9.17, 15) is 14.4 Å². The van der Waals surface area contributed by atoms with Gasteiger partial charge < -0.3 is 24.9 Å². The van der Waals surface area contributed by atoms with Gasteiger partial charge in [-0.25, -0.2) is 4.79 Å². The Morgan fingerprint density at radius 1 is 1.26 bits per heavy atom. The van der Waals surface area contributed by atoms with Crippen molar-refractivity contribution in [3.05, 3.63) is 24.2 Å². The van der Waals surface area contributed by atoms with Crippen molar-refractivity contribution >= 4 is 23.8 Å². The topological polar surface area (TPSA) is 110 Å². The van der Waals surface area contributed by atoms with E-state index in [2.05, 4.69) is 20.5 Å². The first-order valence-corrected chi connectivity index (χ1v) is 9.04. The highest BCUT2D eigenvalue weighted by atomic mass is 16.3. The first kappa shape index (κ1) is 18.7. The second kappa shape index (κ2) is 8.56. The molecule has 0 saturated carbocycles. The van der Waals surface area contributed by atoms with Gasteiger partial charge in [-0.2, -0.15) is 0 Å². The SMILES string of the molecule is CCNC(=NCCN1C(=O)CNC1=O)N1CCN(C(=O)c2ccco2)CC1. The van der Waals surface area contributed by atoms with E-state index in [1.165, 1.54) is 11.2 Å². The minimum Gasteiger partial charge on any atom is -0.459 e. The average molecular weight is 376 g/mol. The summed E-state index contributed by atoms with van der Waals surface area (Å²) in [4.78, 5) is 45.0. The number of rotatable bonds is 5. The molecule has 10 nitrogen and oxygen atoms in total. The number of imide groups is 1. The minimum atomic E-state index is -0.370. The van der Waals surface area contributed by atoms with Crippen LogP contribution in [0.2, 0.25) is 0 Å². The Hall–Kier alpha value is -3.04. The number of furan rings is 1. The van der Waals surface area contributed by atoms with Gasteiger partial charge in [-0.1, -0.05) is 0 Å². The third kappa shape index (κ3) is 4.39. The molecule has 2 aliphatic heterocycles. The molecule has 0 radical (unpaired) electrons. The van der Waals surface area contributed by atoms with Crippen LogP contribution in [-0.4, -0.2) is 90.9 Å². The first-order chi connectivity index (χ1) is 13.1. The van der Waals surface area contributed by atoms with Gasteiger partial charge in [0.25, 0.3) is 5.91 Å². The van der Waals surface area contributed by atoms with Crippen LogP contribution in [0.1, 0.15) is 17.5 Å². The van der Waals surface area contributed by atoms with Gasteiger partial charge in [0.1, 0.15) is 0 Å². The van der Waals surface area contributed by atoms with E-state index < -0.39 is 0 Å². The maximum atomic E-state index is 12.3. The molecular weight excluding hydrogens is 352 g/mol. The third-order valence-corrected chi connectivity index (χ3v) is 4.46. The number of amides is 4. The smallest absolute Gasteiger partial charge is 0.324 e. The van der Waals surface area contributed by atoms with Gasteiger partial charge in [0.05, 0.1) is 25.9 Å². The number of carbonyl (C=O) groups is 3. The number of nitrogens with one attached hydrogen (secondary N) is 2. The van der Waals surface area contributed by atoms with Gasteiger partial charge >= 0.3 is 6.03 Å². The molecule has 2 aliphatic rings. The van der Waals surface area contributed by atoms with Crippen LogP contribution in [0.5, 0.6) is 0 Å². The van der Waals surface area contributed by atoms with Crippen molar-refractivity contribution in [2.75, 3.05) is 52.4 Å². The maximum Gasteiger partial charge on any atom is 0.324 e. The van der Waals surface area contributed by atoms with Crippen LogP contribution in [0.15, 0.2) is 27.8 Å². The summed E-state index contributed by atoms with van der Waals surface area (Å²) >= 11 is 0. The van der Waals surface area contributed by atoms with Crippen molar-refractivity contribution in [1.29, 1.82) is 0 Å². The summed E-state index contributed by atoms with van der Waals surface area (Å²) in [6, 6.07) is 2.99. The van der Waals surface area contributed by atoms with Crippen molar-refractivity contribution in [3.63, 3.8) is 0 Å². The lowest BCUT2D eigenvalue weighted by Crippen LogP contribution is -2.53. The van der Waals surface area contributed by atoms with Crippen LogP contribution < -0.4 is 10.6 Å². The van der Waals surface area contributed by atoms with Crippen molar-refractivity contribution in [1.82, 2.24) is 25.3 Å². The zero-order chi connectivity index (χ0) is 19.2. The first-order valence-electron chi connectivity index (χ1n) is 9.04. The predicted molar refractivity (Wildman–Crippen MR) is 97.3 cm³/mol. The molecule has 146 valence electrons. The highest BCUT2D eigenvalue weighted by Gasteiger charge is 2.28. The molecular formula is C17H24N6O4. The van der Waals surface area contributed by atoms with Crippen LogP contribution in [0, 0.1) is 0 Å². The molecule has 1 aromatic rings. The highest BCUT2D eigenvalue weighted by molar-refractivity contribution is 6.01. The monoisotopic (exact) mass is 376 g/mol. The quantitative estimate of drug-likeness (QED) is 0.409. The van der Waals surface area contributed by atoms with Crippen LogP contribution in [0.3, 0.4) is 0 Å². The van der Waals surface area contributed by atoms with Crippen molar-refractivity contribution in [2.45, 2.75) is 6.92 Å². The van der Waals surface area contributed by atoms with E-state index in [1.54, 1.807) is 17.0 Å². The maximum absolute atomic E-state index is 12.3. The second-order valence-corrected chi connectivity index (χ2v) is 6.20. The Bertz CT molecular complexity index is 693. The van der Waals surface area contributed by atoms with Crippen molar-refractivity contribution in [3.8, 4) is 0 Å². The summed E-state index contributed by atoms with van der Waals surface area (Å²) in [5.74, 6) is 0.720. The zero-order valence-corrected chi connectivity index (χ0v) is 15.3. The van der Waals surface area contributed by atoms with Crippen molar-refractivity contribution in [2.24, 2.45) is 4.99 Å². The van der Waals surface area contributed by atoms with Crippen molar-refractivity contribution < 1.29 is 18.8 Å². The zero-order valence-electron chi connectivity index (χ0n) is 15.3. The Morgan fingerprint density at radius 2 is 2.00 bits per heavy atom. The molecule has 2 saturated heterocycles. The predicted octanol–water partition coefficient (Wildman–Crippen LogP) is -0.445. The van der Waals surface area contributed by atoms with Gasteiger partial charge in [-0.3, -0.25) is 19.5 Å². The number of guanidine groups is 1. The van der Waals surface area contributed by atoms with E-state index >= 15 is 0 Å². The summed E-state index contributed by atoms with van der Waals surface area (Å²) in [6.45, 7) is 5.71. The molecule has 2 fully saturated rings. The molecule has 3 rings (SSSR count).